The van der Waals surface area contributed by atoms with Gasteiger partial charge in [-0.2, -0.15) is 0 Å². The molecule has 1 fully saturated rings. The smallest absolute Gasteiger partial charge is 0.227 e. The maximum absolute atomic E-state index is 12.1. The van der Waals surface area contributed by atoms with Crippen LogP contribution in [-0.4, -0.2) is 26.0 Å². The molecule has 2 atom stereocenters. The van der Waals surface area contributed by atoms with Crippen molar-refractivity contribution >= 4 is 17.3 Å². The number of aryl methyl sites for hydroxylation is 1. The van der Waals surface area contributed by atoms with E-state index in [2.05, 4.69) is 17.1 Å². The number of nitrogens with zero attached hydrogens (tertiary/aromatic N) is 1. The Morgan fingerprint density at radius 1 is 1.37 bits per heavy atom. The molecule has 0 saturated heterocycles. The van der Waals surface area contributed by atoms with Gasteiger partial charge in [0.25, 0.3) is 0 Å². The number of nitrogens with one attached hydrogen (secondary N) is 1. The molecule has 2 unspecified atom stereocenters. The molecular weight excluding hydrogens is 238 g/mol. The second-order valence-corrected chi connectivity index (χ2v) is 5.65. The van der Waals surface area contributed by atoms with E-state index in [0.717, 1.165) is 30.6 Å². The van der Waals surface area contributed by atoms with Gasteiger partial charge in [-0.1, -0.05) is 6.07 Å². The summed E-state index contributed by atoms with van der Waals surface area (Å²) in [5.41, 5.74) is 9.04. The fraction of sp³-hybridized carbons (Fsp3) is 0.533. The Kier molecular flexibility index (Phi) is 4.10. The molecule has 104 valence electrons. The highest BCUT2D eigenvalue weighted by Crippen LogP contribution is 2.27. The Morgan fingerprint density at radius 3 is 2.68 bits per heavy atom. The van der Waals surface area contributed by atoms with Crippen molar-refractivity contribution in [1.29, 1.82) is 0 Å². The fourth-order valence-electron chi connectivity index (χ4n) is 2.67. The number of hydrogen-bond donors (Lipinski definition) is 2. The highest BCUT2D eigenvalue weighted by atomic mass is 16.1. The average Bonchev–Trinajstić information content (AvgIpc) is 2.78. The van der Waals surface area contributed by atoms with Gasteiger partial charge < -0.3 is 16.0 Å². The summed E-state index contributed by atoms with van der Waals surface area (Å²) in [6, 6.07) is 6.19. The van der Waals surface area contributed by atoms with Gasteiger partial charge in [0.15, 0.2) is 0 Å². The van der Waals surface area contributed by atoms with Gasteiger partial charge in [0, 0.05) is 37.4 Å². The molecule has 4 heteroatoms. The lowest BCUT2D eigenvalue weighted by Crippen LogP contribution is -2.23. The summed E-state index contributed by atoms with van der Waals surface area (Å²) in [5, 5.41) is 3.01. The molecule has 1 amide bonds. The second kappa shape index (κ2) is 5.61. The number of rotatable bonds is 3. The number of amides is 1. The second-order valence-electron chi connectivity index (χ2n) is 5.65. The lowest BCUT2D eigenvalue weighted by Gasteiger charge is -2.18. The predicted molar refractivity (Wildman–Crippen MR) is 79.5 cm³/mol. The zero-order chi connectivity index (χ0) is 14.0. The molecule has 1 aromatic rings. The molecule has 3 N–H and O–H groups in total. The molecule has 1 aliphatic rings. The zero-order valence-electron chi connectivity index (χ0n) is 11.9. The molecule has 0 bridgehead atoms. The topological polar surface area (TPSA) is 58.4 Å². The average molecular weight is 261 g/mol. The summed E-state index contributed by atoms with van der Waals surface area (Å²) < 4.78 is 0. The normalized spacial score (nSPS) is 22.3. The van der Waals surface area contributed by atoms with Crippen LogP contribution in [0.1, 0.15) is 24.8 Å². The standard InChI is InChI=1S/C15H23N3O/c1-10-4-7-13(9-14(10)18(2)3)17-15(19)11-5-6-12(16)8-11/h4,7,9,11-12H,5-6,8,16H2,1-3H3,(H,17,19). The Labute approximate surface area is 115 Å². The number of hydrogen-bond acceptors (Lipinski definition) is 3. The quantitative estimate of drug-likeness (QED) is 0.876. The number of carbonyl (C=O) groups excluding carboxylic acids is 1. The third kappa shape index (κ3) is 3.26. The Bertz CT molecular complexity index is 470. The van der Waals surface area contributed by atoms with Crippen LogP contribution < -0.4 is 16.0 Å². The fourth-order valence-corrected chi connectivity index (χ4v) is 2.67. The third-order valence-electron chi connectivity index (χ3n) is 3.80. The van der Waals surface area contributed by atoms with Crippen molar-refractivity contribution in [2.24, 2.45) is 11.7 Å². The highest BCUT2D eigenvalue weighted by Gasteiger charge is 2.27. The van der Waals surface area contributed by atoms with Crippen LogP contribution in [0.3, 0.4) is 0 Å². The van der Waals surface area contributed by atoms with Gasteiger partial charge in [-0.3, -0.25) is 4.79 Å². The van der Waals surface area contributed by atoms with Gasteiger partial charge >= 0.3 is 0 Å². The summed E-state index contributed by atoms with van der Waals surface area (Å²) in [7, 11) is 4.01. The van der Waals surface area contributed by atoms with E-state index in [1.165, 1.54) is 5.56 Å². The molecule has 4 nitrogen and oxygen atoms in total. The molecule has 0 spiro atoms. The van der Waals surface area contributed by atoms with Gasteiger partial charge in [0.1, 0.15) is 0 Å². The Balaban J connectivity index is 2.07. The van der Waals surface area contributed by atoms with Crippen molar-refractivity contribution in [3.8, 4) is 0 Å². The van der Waals surface area contributed by atoms with Crippen LogP contribution in [0.2, 0.25) is 0 Å². The van der Waals surface area contributed by atoms with Crippen LogP contribution in [0, 0.1) is 12.8 Å². The van der Waals surface area contributed by atoms with E-state index in [1.54, 1.807) is 0 Å². The van der Waals surface area contributed by atoms with Crippen molar-refractivity contribution < 1.29 is 4.79 Å². The predicted octanol–water partition coefficient (Wildman–Crippen LogP) is 2.13. The molecule has 0 radical (unpaired) electrons. The van der Waals surface area contributed by atoms with E-state index in [1.807, 2.05) is 32.3 Å². The third-order valence-corrected chi connectivity index (χ3v) is 3.80. The van der Waals surface area contributed by atoms with E-state index in [-0.39, 0.29) is 17.9 Å². The Morgan fingerprint density at radius 2 is 2.11 bits per heavy atom. The van der Waals surface area contributed by atoms with Gasteiger partial charge in [-0.05, 0) is 43.9 Å². The summed E-state index contributed by atoms with van der Waals surface area (Å²) in [6.07, 6.45) is 2.66. The van der Waals surface area contributed by atoms with Crippen LogP contribution >= 0.6 is 0 Å². The number of carbonyl (C=O) groups is 1. The van der Waals surface area contributed by atoms with Gasteiger partial charge in [0.05, 0.1) is 0 Å². The minimum Gasteiger partial charge on any atom is -0.377 e. The first-order chi connectivity index (χ1) is 8.97. The summed E-state index contributed by atoms with van der Waals surface area (Å²) in [4.78, 5) is 14.2. The van der Waals surface area contributed by atoms with Crippen LogP contribution in [-0.2, 0) is 4.79 Å². The molecule has 1 aromatic carbocycles. The van der Waals surface area contributed by atoms with Crippen molar-refractivity contribution in [2.45, 2.75) is 32.2 Å². The van der Waals surface area contributed by atoms with Gasteiger partial charge in [0.2, 0.25) is 5.91 Å². The molecule has 0 aromatic heterocycles. The number of benzene rings is 1. The zero-order valence-corrected chi connectivity index (χ0v) is 11.9. The molecule has 19 heavy (non-hydrogen) atoms. The van der Waals surface area contributed by atoms with Crippen molar-refractivity contribution in [2.75, 3.05) is 24.3 Å². The maximum atomic E-state index is 12.1. The maximum Gasteiger partial charge on any atom is 0.227 e. The monoisotopic (exact) mass is 261 g/mol. The number of anilines is 2. The van der Waals surface area contributed by atoms with E-state index < -0.39 is 0 Å². The minimum absolute atomic E-state index is 0.0686. The summed E-state index contributed by atoms with van der Waals surface area (Å²) in [5.74, 6) is 0.167. The lowest BCUT2D eigenvalue weighted by atomic mass is 10.1. The molecule has 0 heterocycles. The van der Waals surface area contributed by atoms with Crippen LogP contribution in [0.15, 0.2) is 18.2 Å². The largest absolute Gasteiger partial charge is 0.377 e. The lowest BCUT2D eigenvalue weighted by molar-refractivity contribution is -0.119. The van der Waals surface area contributed by atoms with E-state index in [9.17, 15) is 4.79 Å². The minimum atomic E-state index is 0.0686. The highest BCUT2D eigenvalue weighted by molar-refractivity contribution is 5.93. The van der Waals surface area contributed by atoms with E-state index >= 15 is 0 Å². The van der Waals surface area contributed by atoms with Crippen LogP contribution in [0.25, 0.3) is 0 Å². The van der Waals surface area contributed by atoms with Crippen molar-refractivity contribution in [1.82, 2.24) is 0 Å². The van der Waals surface area contributed by atoms with Gasteiger partial charge in [-0.15, -0.1) is 0 Å². The van der Waals surface area contributed by atoms with Crippen molar-refractivity contribution in [3.63, 3.8) is 0 Å². The van der Waals surface area contributed by atoms with Crippen LogP contribution in [0.5, 0.6) is 0 Å². The van der Waals surface area contributed by atoms with Crippen LogP contribution in [0.4, 0.5) is 11.4 Å². The molecule has 1 aliphatic carbocycles. The first-order valence-corrected chi connectivity index (χ1v) is 6.82. The SMILES string of the molecule is Cc1ccc(NC(=O)C2CCC(N)C2)cc1N(C)C. The Hall–Kier alpha value is -1.55. The van der Waals surface area contributed by atoms with E-state index in [4.69, 9.17) is 5.73 Å². The first kappa shape index (κ1) is 13.9. The molecule has 2 rings (SSSR count). The summed E-state index contributed by atoms with van der Waals surface area (Å²) >= 11 is 0. The molecular formula is C15H23N3O. The molecule has 0 aliphatic heterocycles. The van der Waals surface area contributed by atoms with E-state index in [0.29, 0.717) is 0 Å². The van der Waals surface area contributed by atoms with Gasteiger partial charge in [-0.25, -0.2) is 0 Å². The first-order valence-electron chi connectivity index (χ1n) is 6.82. The van der Waals surface area contributed by atoms with Crippen molar-refractivity contribution in [3.05, 3.63) is 23.8 Å². The number of nitrogens with two attached hydrogens (primary N) is 1. The summed E-state index contributed by atoms with van der Waals surface area (Å²) in [6.45, 7) is 2.07. The molecule has 1 saturated carbocycles.